The van der Waals surface area contributed by atoms with Crippen molar-refractivity contribution >= 4 is 0 Å². The van der Waals surface area contributed by atoms with Crippen molar-refractivity contribution in [1.29, 1.82) is 0 Å². The number of nitrogens with zero attached hydrogens (tertiary/aromatic N) is 2. The van der Waals surface area contributed by atoms with Crippen LogP contribution in [0.4, 0.5) is 0 Å². The quantitative estimate of drug-likeness (QED) is 0.866. The van der Waals surface area contributed by atoms with Gasteiger partial charge in [0.15, 0.2) is 0 Å². The van der Waals surface area contributed by atoms with Crippen molar-refractivity contribution < 1.29 is 5.11 Å². The van der Waals surface area contributed by atoms with Crippen LogP contribution >= 0.6 is 0 Å². The second-order valence-electron chi connectivity index (χ2n) is 4.24. The van der Waals surface area contributed by atoms with Crippen molar-refractivity contribution in [3.63, 3.8) is 0 Å². The molecule has 1 N–H and O–H groups in total. The van der Waals surface area contributed by atoms with Crippen LogP contribution in [0.15, 0.2) is 41.5 Å². The van der Waals surface area contributed by atoms with Gasteiger partial charge in [-0.3, -0.25) is 4.57 Å². The number of aliphatic hydroxyl groups is 1. The van der Waals surface area contributed by atoms with Gasteiger partial charge in [0, 0.05) is 32.0 Å². The first-order valence-electron chi connectivity index (χ1n) is 5.58. The van der Waals surface area contributed by atoms with Crippen molar-refractivity contribution in [1.82, 2.24) is 9.13 Å². The molecule has 0 bridgehead atoms. The van der Waals surface area contributed by atoms with Crippen LogP contribution in [0.3, 0.4) is 0 Å². The molecule has 1 heterocycles. The zero-order valence-electron chi connectivity index (χ0n) is 10.00. The third kappa shape index (κ3) is 2.17. The number of aromatic nitrogens is 2. The highest BCUT2D eigenvalue weighted by Crippen LogP contribution is 2.16. The molecule has 2 aromatic rings. The first-order valence-corrected chi connectivity index (χ1v) is 5.58. The fourth-order valence-electron chi connectivity index (χ4n) is 1.73. The Morgan fingerprint density at radius 1 is 1.24 bits per heavy atom. The number of aryl methyl sites for hydroxylation is 1. The van der Waals surface area contributed by atoms with Gasteiger partial charge in [0.1, 0.15) is 0 Å². The van der Waals surface area contributed by atoms with E-state index in [-0.39, 0.29) is 18.2 Å². The predicted molar refractivity (Wildman–Crippen MR) is 66.5 cm³/mol. The SMILES string of the molecule is CC(CO)c1ccc(-n2ccn(C)c2=O)cc1. The summed E-state index contributed by atoms with van der Waals surface area (Å²) in [6.07, 6.45) is 3.47. The molecule has 0 aliphatic rings. The van der Waals surface area contributed by atoms with E-state index in [0.717, 1.165) is 11.3 Å². The molecule has 1 atom stereocenters. The van der Waals surface area contributed by atoms with Crippen LogP contribution in [0.5, 0.6) is 0 Å². The Bertz CT molecular complexity index is 552. The summed E-state index contributed by atoms with van der Waals surface area (Å²) in [7, 11) is 1.72. The second-order valence-corrected chi connectivity index (χ2v) is 4.24. The van der Waals surface area contributed by atoms with E-state index in [1.807, 2.05) is 31.2 Å². The number of benzene rings is 1. The normalized spacial score (nSPS) is 12.6. The summed E-state index contributed by atoms with van der Waals surface area (Å²) in [6.45, 7) is 2.09. The summed E-state index contributed by atoms with van der Waals surface area (Å²) in [5.74, 6) is 0.122. The predicted octanol–water partition coefficient (Wildman–Crippen LogP) is 1.27. The summed E-state index contributed by atoms with van der Waals surface area (Å²) < 4.78 is 3.12. The highest BCUT2D eigenvalue weighted by atomic mass is 16.3. The Morgan fingerprint density at radius 2 is 1.88 bits per heavy atom. The molecule has 90 valence electrons. The Kier molecular flexibility index (Phi) is 3.15. The summed E-state index contributed by atoms with van der Waals surface area (Å²) >= 11 is 0. The lowest BCUT2D eigenvalue weighted by Crippen LogP contribution is -2.20. The van der Waals surface area contributed by atoms with Gasteiger partial charge in [-0.05, 0) is 17.7 Å². The molecule has 0 fully saturated rings. The van der Waals surface area contributed by atoms with E-state index in [2.05, 4.69) is 0 Å². The minimum atomic E-state index is -0.0621. The van der Waals surface area contributed by atoms with Gasteiger partial charge in [0.25, 0.3) is 0 Å². The van der Waals surface area contributed by atoms with Crippen LogP contribution in [0.2, 0.25) is 0 Å². The highest BCUT2D eigenvalue weighted by molar-refractivity contribution is 5.35. The minimum Gasteiger partial charge on any atom is -0.396 e. The number of rotatable bonds is 3. The largest absolute Gasteiger partial charge is 0.396 e. The van der Waals surface area contributed by atoms with E-state index >= 15 is 0 Å². The third-order valence-corrected chi connectivity index (χ3v) is 2.96. The molecule has 2 rings (SSSR count). The van der Waals surface area contributed by atoms with Gasteiger partial charge in [-0.15, -0.1) is 0 Å². The Hall–Kier alpha value is -1.81. The average Bonchev–Trinajstić information content (AvgIpc) is 2.69. The van der Waals surface area contributed by atoms with Gasteiger partial charge in [-0.25, -0.2) is 4.79 Å². The number of hydrogen-bond acceptors (Lipinski definition) is 2. The standard InChI is InChI=1S/C13H16N2O2/c1-10(9-16)11-3-5-12(6-4-11)15-8-7-14(2)13(15)17/h3-8,10,16H,9H2,1-2H3. The maximum absolute atomic E-state index is 11.7. The Labute approximate surface area is 99.8 Å². The van der Waals surface area contributed by atoms with E-state index in [1.165, 1.54) is 4.57 Å². The summed E-state index contributed by atoms with van der Waals surface area (Å²) in [5.41, 5.74) is 1.85. The van der Waals surface area contributed by atoms with Crippen molar-refractivity contribution in [3.8, 4) is 5.69 Å². The minimum absolute atomic E-state index is 0.0621. The van der Waals surface area contributed by atoms with E-state index in [1.54, 1.807) is 24.0 Å². The van der Waals surface area contributed by atoms with Gasteiger partial charge < -0.3 is 9.67 Å². The van der Waals surface area contributed by atoms with E-state index in [4.69, 9.17) is 5.11 Å². The monoisotopic (exact) mass is 232 g/mol. The molecule has 4 nitrogen and oxygen atoms in total. The maximum atomic E-state index is 11.7. The molecule has 1 aromatic heterocycles. The lowest BCUT2D eigenvalue weighted by Gasteiger charge is -2.09. The molecule has 17 heavy (non-hydrogen) atoms. The van der Waals surface area contributed by atoms with Crippen molar-refractivity contribution in [3.05, 3.63) is 52.7 Å². The van der Waals surface area contributed by atoms with Crippen LogP contribution in [-0.4, -0.2) is 20.8 Å². The molecule has 0 aliphatic heterocycles. The van der Waals surface area contributed by atoms with E-state index < -0.39 is 0 Å². The van der Waals surface area contributed by atoms with E-state index in [9.17, 15) is 4.79 Å². The highest BCUT2D eigenvalue weighted by Gasteiger charge is 2.05. The van der Waals surface area contributed by atoms with Crippen LogP contribution in [0.1, 0.15) is 18.4 Å². The van der Waals surface area contributed by atoms with Crippen molar-refractivity contribution in [2.24, 2.45) is 7.05 Å². The van der Waals surface area contributed by atoms with Crippen molar-refractivity contribution in [2.45, 2.75) is 12.8 Å². The number of aliphatic hydroxyl groups excluding tert-OH is 1. The lowest BCUT2D eigenvalue weighted by molar-refractivity contribution is 0.273. The molecule has 0 saturated carbocycles. The lowest BCUT2D eigenvalue weighted by atomic mass is 10.0. The summed E-state index contributed by atoms with van der Waals surface area (Å²) in [4.78, 5) is 11.7. The fraction of sp³-hybridized carbons (Fsp3) is 0.308. The Morgan fingerprint density at radius 3 is 2.35 bits per heavy atom. The first kappa shape index (κ1) is 11.7. The molecular weight excluding hydrogens is 216 g/mol. The molecule has 0 spiro atoms. The molecule has 0 saturated heterocycles. The van der Waals surface area contributed by atoms with Gasteiger partial charge in [0.05, 0.1) is 5.69 Å². The van der Waals surface area contributed by atoms with Crippen LogP contribution in [0, 0.1) is 0 Å². The van der Waals surface area contributed by atoms with Crippen LogP contribution in [-0.2, 0) is 7.05 Å². The van der Waals surface area contributed by atoms with Crippen LogP contribution in [0.25, 0.3) is 5.69 Å². The van der Waals surface area contributed by atoms with Crippen molar-refractivity contribution in [2.75, 3.05) is 6.61 Å². The molecule has 0 aliphatic carbocycles. The zero-order chi connectivity index (χ0) is 12.4. The fourth-order valence-corrected chi connectivity index (χ4v) is 1.73. The van der Waals surface area contributed by atoms with Gasteiger partial charge in [0.2, 0.25) is 0 Å². The number of imidazole rings is 1. The zero-order valence-corrected chi connectivity index (χ0v) is 10.00. The number of hydrogen-bond donors (Lipinski definition) is 1. The molecule has 0 amide bonds. The summed E-state index contributed by atoms with van der Waals surface area (Å²) in [6, 6.07) is 7.66. The Balaban J connectivity index is 2.36. The average molecular weight is 232 g/mol. The molecule has 4 heteroatoms. The maximum Gasteiger partial charge on any atom is 0.332 e. The van der Waals surface area contributed by atoms with Gasteiger partial charge >= 0.3 is 5.69 Å². The molecule has 1 unspecified atom stereocenters. The second kappa shape index (κ2) is 4.59. The van der Waals surface area contributed by atoms with E-state index in [0.29, 0.717) is 0 Å². The topological polar surface area (TPSA) is 47.2 Å². The van der Waals surface area contributed by atoms with Crippen LogP contribution < -0.4 is 5.69 Å². The summed E-state index contributed by atoms with van der Waals surface area (Å²) in [5, 5.41) is 9.06. The smallest absolute Gasteiger partial charge is 0.332 e. The molecule has 1 aromatic carbocycles. The first-order chi connectivity index (χ1) is 8.13. The third-order valence-electron chi connectivity index (χ3n) is 2.96. The van der Waals surface area contributed by atoms with Gasteiger partial charge in [-0.1, -0.05) is 19.1 Å². The molecule has 0 radical (unpaired) electrons. The molecular formula is C13H16N2O2. The van der Waals surface area contributed by atoms with Gasteiger partial charge in [-0.2, -0.15) is 0 Å².